The van der Waals surface area contributed by atoms with E-state index in [9.17, 15) is 4.79 Å². The molecule has 84 valence electrons. The molecule has 1 amide bonds. The van der Waals surface area contributed by atoms with E-state index in [0.717, 1.165) is 32.4 Å². The highest BCUT2D eigenvalue weighted by atomic mass is 32.1. The lowest BCUT2D eigenvalue weighted by Crippen LogP contribution is -2.41. The number of hydrogen-bond donors (Lipinski definition) is 1. The molecule has 15 heavy (non-hydrogen) atoms. The SMILES string of the molecule is NC(=S)C1CCN(C(=O)CC2CC2)CC1. The number of hydrogen-bond acceptors (Lipinski definition) is 2. The maximum atomic E-state index is 11.8. The standard InChI is InChI=1S/C11H18N2OS/c12-11(15)9-3-5-13(6-4-9)10(14)7-8-1-2-8/h8-9H,1-7H2,(H2,12,15). The molecule has 0 bridgehead atoms. The molecular weight excluding hydrogens is 208 g/mol. The fraction of sp³-hybridized carbons (Fsp3) is 0.818. The summed E-state index contributed by atoms with van der Waals surface area (Å²) in [7, 11) is 0. The summed E-state index contributed by atoms with van der Waals surface area (Å²) in [5.41, 5.74) is 5.61. The Kier molecular flexibility index (Phi) is 3.24. The van der Waals surface area contributed by atoms with E-state index in [1.807, 2.05) is 4.90 Å². The number of nitrogens with two attached hydrogens (primary N) is 1. The molecule has 2 rings (SSSR count). The average Bonchev–Trinajstić information content (AvgIpc) is 3.02. The predicted molar refractivity (Wildman–Crippen MR) is 63.4 cm³/mol. The number of carbonyl (C=O) groups is 1. The Labute approximate surface area is 96.0 Å². The summed E-state index contributed by atoms with van der Waals surface area (Å²) in [6.45, 7) is 1.68. The van der Waals surface area contributed by atoms with Gasteiger partial charge in [-0.05, 0) is 31.6 Å². The highest BCUT2D eigenvalue weighted by Gasteiger charge is 2.29. The number of carbonyl (C=O) groups excluding carboxylic acids is 1. The molecule has 2 fully saturated rings. The van der Waals surface area contributed by atoms with Crippen molar-refractivity contribution in [3.63, 3.8) is 0 Å². The van der Waals surface area contributed by atoms with Crippen molar-refractivity contribution in [2.45, 2.75) is 32.1 Å². The number of thiocarbonyl (C=S) groups is 1. The fourth-order valence-electron chi connectivity index (χ4n) is 2.11. The third kappa shape index (κ3) is 2.91. The Balaban J connectivity index is 1.76. The summed E-state index contributed by atoms with van der Waals surface area (Å²) in [6, 6.07) is 0. The molecule has 1 saturated heterocycles. The van der Waals surface area contributed by atoms with Crippen LogP contribution in [0.3, 0.4) is 0 Å². The molecule has 3 nitrogen and oxygen atoms in total. The summed E-state index contributed by atoms with van der Waals surface area (Å²) in [5.74, 6) is 1.37. The lowest BCUT2D eigenvalue weighted by atomic mass is 9.96. The van der Waals surface area contributed by atoms with Gasteiger partial charge in [-0.1, -0.05) is 12.2 Å². The number of likely N-dealkylation sites (tertiary alicyclic amines) is 1. The topological polar surface area (TPSA) is 46.3 Å². The van der Waals surface area contributed by atoms with Crippen LogP contribution in [0.2, 0.25) is 0 Å². The average molecular weight is 226 g/mol. The molecule has 0 aromatic rings. The minimum atomic E-state index is 0.332. The van der Waals surface area contributed by atoms with Gasteiger partial charge in [-0.2, -0.15) is 0 Å². The second-order valence-corrected chi connectivity index (χ2v) is 5.18. The lowest BCUT2D eigenvalue weighted by molar-refractivity contribution is -0.132. The largest absolute Gasteiger partial charge is 0.393 e. The molecule has 1 saturated carbocycles. The van der Waals surface area contributed by atoms with E-state index in [0.29, 0.717) is 22.7 Å². The van der Waals surface area contributed by atoms with Crippen LogP contribution < -0.4 is 5.73 Å². The van der Waals surface area contributed by atoms with E-state index in [4.69, 9.17) is 18.0 Å². The van der Waals surface area contributed by atoms with Gasteiger partial charge in [0.15, 0.2) is 0 Å². The third-order valence-electron chi connectivity index (χ3n) is 3.41. The minimum Gasteiger partial charge on any atom is -0.393 e. The number of rotatable bonds is 3. The van der Waals surface area contributed by atoms with Crippen LogP contribution in [0.15, 0.2) is 0 Å². The maximum Gasteiger partial charge on any atom is 0.222 e. The zero-order chi connectivity index (χ0) is 10.8. The number of amides is 1. The summed E-state index contributed by atoms with van der Waals surface area (Å²) < 4.78 is 0. The molecule has 0 unspecified atom stereocenters. The van der Waals surface area contributed by atoms with Gasteiger partial charge >= 0.3 is 0 Å². The summed E-state index contributed by atoms with van der Waals surface area (Å²) in [5, 5.41) is 0. The molecule has 2 N–H and O–H groups in total. The highest BCUT2D eigenvalue weighted by molar-refractivity contribution is 7.80. The van der Waals surface area contributed by atoms with Gasteiger partial charge in [0.1, 0.15) is 0 Å². The Morgan fingerprint density at radius 3 is 2.33 bits per heavy atom. The van der Waals surface area contributed by atoms with Gasteiger partial charge in [-0.25, -0.2) is 0 Å². The first-order valence-electron chi connectivity index (χ1n) is 5.74. The molecule has 0 spiro atoms. The minimum absolute atomic E-state index is 0.332. The van der Waals surface area contributed by atoms with Crippen LogP contribution in [0.25, 0.3) is 0 Å². The van der Waals surface area contributed by atoms with Crippen LogP contribution in [0, 0.1) is 11.8 Å². The second kappa shape index (κ2) is 4.47. The highest BCUT2D eigenvalue weighted by Crippen LogP contribution is 2.33. The van der Waals surface area contributed by atoms with Crippen molar-refractivity contribution in [2.24, 2.45) is 17.6 Å². The van der Waals surface area contributed by atoms with E-state index < -0.39 is 0 Å². The van der Waals surface area contributed by atoms with Crippen molar-refractivity contribution in [2.75, 3.05) is 13.1 Å². The van der Waals surface area contributed by atoms with Crippen LogP contribution in [-0.2, 0) is 4.79 Å². The van der Waals surface area contributed by atoms with Gasteiger partial charge in [-0.15, -0.1) is 0 Å². The molecule has 0 aromatic carbocycles. The van der Waals surface area contributed by atoms with Crippen LogP contribution in [0.5, 0.6) is 0 Å². The molecule has 4 heteroatoms. The quantitative estimate of drug-likeness (QED) is 0.738. The van der Waals surface area contributed by atoms with E-state index in [1.165, 1.54) is 12.8 Å². The first-order chi connectivity index (χ1) is 7.16. The van der Waals surface area contributed by atoms with Gasteiger partial charge in [0.25, 0.3) is 0 Å². The van der Waals surface area contributed by atoms with E-state index >= 15 is 0 Å². The number of piperidine rings is 1. The van der Waals surface area contributed by atoms with E-state index in [1.54, 1.807) is 0 Å². The van der Waals surface area contributed by atoms with Gasteiger partial charge in [0, 0.05) is 25.4 Å². The molecule has 0 radical (unpaired) electrons. The molecule has 2 aliphatic rings. The molecule has 1 heterocycles. The Morgan fingerprint density at radius 1 is 1.27 bits per heavy atom. The molecule has 0 atom stereocenters. The fourth-order valence-corrected chi connectivity index (χ4v) is 2.35. The third-order valence-corrected chi connectivity index (χ3v) is 3.74. The lowest BCUT2D eigenvalue weighted by Gasteiger charge is -2.31. The van der Waals surface area contributed by atoms with Crippen molar-refractivity contribution in [1.29, 1.82) is 0 Å². The normalized spacial score (nSPS) is 22.8. The summed E-state index contributed by atoms with van der Waals surface area (Å²) in [6.07, 6.45) is 5.15. The van der Waals surface area contributed by atoms with E-state index in [2.05, 4.69) is 0 Å². The Bertz CT molecular complexity index is 268. The summed E-state index contributed by atoms with van der Waals surface area (Å²) >= 11 is 4.97. The van der Waals surface area contributed by atoms with Crippen molar-refractivity contribution in [3.8, 4) is 0 Å². The molecular formula is C11H18N2OS. The van der Waals surface area contributed by atoms with Crippen molar-refractivity contribution in [1.82, 2.24) is 4.90 Å². The van der Waals surface area contributed by atoms with Crippen LogP contribution in [-0.4, -0.2) is 28.9 Å². The van der Waals surface area contributed by atoms with Crippen LogP contribution >= 0.6 is 12.2 Å². The first kappa shape index (κ1) is 10.9. The van der Waals surface area contributed by atoms with Crippen molar-refractivity contribution >= 4 is 23.1 Å². The van der Waals surface area contributed by atoms with Crippen LogP contribution in [0.4, 0.5) is 0 Å². The maximum absolute atomic E-state index is 11.8. The Morgan fingerprint density at radius 2 is 1.87 bits per heavy atom. The predicted octanol–water partition coefficient (Wildman–Crippen LogP) is 1.31. The van der Waals surface area contributed by atoms with E-state index in [-0.39, 0.29) is 0 Å². The van der Waals surface area contributed by atoms with Crippen molar-refractivity contribution < 1.29 is 4.79 Å². The summed E-state index contributed by atoms with van der Waals surface area (Å²) in [4.78, 5) is 14.4. The smallest absolute Gasteiger partial charge is 0.222 e. The Hall–Kier alpha value is -0.640. The van der Waals surface area contributed by atoms with Gasteiger partial charge in [0.2, 0.25) is 5.91 Å². The zero-order valence-electron chi connectivity index (χ0n) is 8.95. The van der Waals surface area contributed by atoms with Gasteiger partial charge in [-0.3, -0.25) is 4.79 Å². The van der Waals surface area contributed by atoms with Crippen LogP contribution in [0.1, 0.15) is 32.1 Å². The van der Waals surface area contributed by atoms with Gasteiger partial charge in [0.05, 0.1) is 4.99 Å². The van der Waals surface area contributed by atoms with Crippen molar-refractivity contribution in [3.05, 3.63) is 0 Å². The molecule has 1 aliphatic carbocycles. The molecule has 0 aromatic heterocycles. The second-order valence-electron chi connectivity index (χ2n) is 4.70. The molecule has 1 aliphatic heterocycles. The first-order valence-corrected chi connectivity index (χ1v) is 6.14. The zero-order valence-corrected chi connectivity index (χ0v) is 9.76. The monoisotopic (exact) mass is 226 g/mol. The van der Waals surface area contributed by atoms with Gasteiger partial charge < -0.3 is 10.6 Å². The number of nitrogens with zero attached hydrogens (tertiary/aromatic N) is 1.